The van der Waals surface area contributed by atoms with E-state index in [4.69, 9.17) is 14.5 Å². The lowest BCUT2D eigenvalue weighted by Gasteiger charge is -2.22. The van der Waals surface area contributed by atoms with Crippen LogP contribution in [0.3, 0.4) is 0 Å². The summed E-state index contributed by atoms with van der Waals surface area (Å²) in [5.41, 5.74) is 0. The van der Waals surface area contributed by atoms with E-state index in [-0.39, 0.29) is 0 Å². The first-order chi connectivity index (χ1) is 9.90. The Kier molecular flexibility index (Phi) is 7.15. The highest BCUT2D eigenvalue weighted by atomic mass is 16.5. The molecule has 0 aliphatic carbocycles. The van der Waals surface area contributed by atoms with Crippen LogP contribution in [-0.4, -0.2) is 63.0 Å². The summed E-state index contributed by atoms with van der Waals surface area (Å²) in [5.74, 6) is 1.08. The lowest BCUT2D eigenvalue weighted by Crippen LogP contribution is -2.39. The van der Waals surface area contributed by atoms with E-state index in [9.17, 15) is 0 Å². The molecule has 0 aromatic rings. The average molecular weight is 283 g/mol. The summed E-state index contributed by atoms with van der Waals surface area (Å²) in [6.07, 6.45) is 6.06. The van der Waals surface area contributed by atoms with Gasteiger partial charge in [0.25, 0.3) is 0 Å². The van der Waals surface area contributed by atoms with Gasteiger partial charge in [-0.25, -0.2) is 0 Å². The molecule has 2 aliphatic rings. The molecular weight excluding hydrogens is 254 g/mol. The van der Waals surface area contributed by atoms with Crippen LogP contribution in [0.2, 0.25) is 0 Å². The van der Waals surface area contributed by atoms with E-state index < -0.39 is 0 Å². The number of hydrogen-bond acceptors (Lipinski definition) is 3. The van der Waals surface area contributed by atoms with Crippen LogP contribution in [0.15, 0.2) is 4.99 Å². The molecule has 0 atom stereocenters. The highest BCUT2D eigenvalue weighted by molar-refractivity contribution is 5.80. The minimum absolute atomic E-state index is 0.402. The topological polar surface area (TPSA) is 46.1 Å². The molecule has 0 aromatic heterocycles. The number of ether oxygens (including phenoxy) is 2. The Morgan fingerprint density at radius 1 is 1.30 bits per heavy atom. The van der Waals surface area contributed by atoms with E-state index in [1.54, 1.807) is 0 Å². The molecule has 2 aliphatic heterocycles. The minimum atomic E-state index is 0.402. The molecule has 1 N–H and O–H groups in total. The van der Waals surface area contributed by atoms with Crippen molar-refractivity contribution in [2.45, 2.75) is 45.1 Å². The van der Waals surface area contributed by atoms with Gasteiger partial charge >= 0.3 is 0 Å². The second kappa shape index (κ2) is 9.19. The Morgan fingerprint density at radius 3 is 2.75 bits per heavy atom. The molecule has 0 amide bonds. The van der Waals surface area contributed by atoms with Crippen LogP contribution in [0.5, 0.6) is 0 Å². The summed E-state index contributed by atoms with van der Waals surface area (Å²) in [7, 11) is 0. The van der Waals surface area contributed by atoms with Gasteiger partial charge in [-0.3, -0.25) is 4.99 Å². The van der Waals surface area contributed by atoms with Gasteiger partial charge in [-0.1, -0.05) is 0 Å². The van der Waals surface area contributed by atoms with Crippen LogP contribution in [-0.2, 0) is 9.47 Å². The zero-order valence-electron chi connectivity index (χ0n) is 12.8. The van der Waals surface area contributed by atoms with Crippen LogP contribution >= 0.6 is 0 Å². The van der Waals surface area contributed by atoms with Crippen LogP contribution < -0.4 is 5.32 Å². The number of aliphatic imine (C=N–C) groups is 1. The number of rotatable bonds is 6. The molecular formula is C15H29N3O2. The third-order valence-electron chi connectivity index (χ3n) is 3.83. The summed E-state index contributed by atoms with van der Waals surface area (Å²) in [5, 5.41) is 3.38. The SMILES string of the molecule is CCNC(=NCCCOC1CCOCC1)N1CCCC1. The van der Waals surface area contributed by atoms with Crippen molar-refractivity contribution >= 4 is 5.96 Å². The predicted octanol–water partition coefficient (Wildman–Crippen LogP) is 1.63. The monoisotopic (exact) mass is 283 g/mol. The zero-order valence-corrected chi connectivity index (χ0v) is 12.8. The first kappa shape index (κ1) is 15.6. The van der Waals surface area contributed by atoms with E-state index >= 15 is 0 Å². The van der Waals surface area contributed by atoms with Crippen molar-refractivity contribution in [2.24, 2.45) is 4.99 Å². The van der Waals surface area contributed by atoms with Crippen molar-refractivity contribution < 1.29 is 9.47 Å². The van der Waals surface area contributed by atoms with Gasteiger partial charge in [0, 0.05) is 46.0 Å². The molecule has 2 fully saturated rings. The van der Waals surface area contributed by atoms with Crippen molar-refractivity contribution in [1.29, 1.82) is 0 Å². The van der Waals surface area contributed by atoms with E-state index in [2.05, 4.69) is 17.1 Å². The number of nitrogens with one attached hydrogen (secondary N) is 1. The largest absolute Gasteiger partial charge is 0.381 e. The number of nitrogens with zero attached hydrogens (tertiary/aromatic N) is 2. The third kappa shape index (κ3) is 5.29. The van der Waals surface area contributed by atoms with Gasteiger partial charge in [-0.2, -0.15) is 0 Å². The van der Waals surface area contributed by atoms with Gasteiger partial charge in [0.2, 0.25) is 0 Å². The number of guanidine groups is 1. The standard InChI is InChI=1S/C15H29N3O2/c1-2-16-15(18-9-3-4-10-18)17-8-5-11-20-14-6-12-19-13-7-14/h14H,2-13H2,1H3,(H,16,17). The molecule has 5 nitrogen and oxygen atoms in total. The molecule has 0 aromatic carbocycles. The molecule has 0 spiro atoms. The van der Waals surface area contributed by atoms with Crippen LogP contribution in [0.25, 0.3) is 0 Å². The average Bonchev–Trinajstić information content (AvgIpc) is 3.01. The maximum atomic E-state index is 5.87. The van der Waals surface area contributed by atoms with E-state index in [1.807, 2.05) is 0 Å². The van der Waals surface area contributed by atoms with Crippen LogP contribution in [0.4, 0.5) is 0 Å². The second-order valence-corrected chi connectivity index (χ2v) is 5.47. The third-order valence-corrected chi connectivity index (χ3v) is 3.83. The summed E-state index contributed by atoms with van der Waals surface area (Å²) < 4.78 is 11.2. The summed E-state index contributed by atoms with van der Waals surface area (Å²) in [4.78, 5) is 7.07. The van der Waals surface area contributed by atoms with Crippen molar-refractivity contribution in [3.05, 3.63) is 0 Å². The second-order valence-electron chi connectivity index (χ2n) is 5.47. The van der Waals surface area contributed by atoms with E-state index in [0.717, 1.165) is 71.2 Å². The van der Waals surface area contributed by atoms with Gasteiger partial charge in [0.05, 0.1) is 6.10 Å². The maximum Gasteiger partial charge on any atom is 0.193 e. The van der Waals surface area contributed by atoms with Crippen molar-refractivity contribution in [1.82, 2.24) is 10.2 Å². The highest BCUT2D eigenvalue weighted by Gasteiger charge is 2.15. The lowest BCUT2D eigenvalue weighted by atomic mass is 10.1. The van der Waals surface area contributed by atoms with Crippen molar-refractivity contribution in [3.63, 3.8) is 0 Å². The summed E-state index contributed by atoms with van der Waals surface area (Å²) in [6.45, 7) is 8.71. The molecule has 0 unspecified atom stereocenters. The Hall–Kier alpha value is -0.810. The van der Waals surface area contributed by atoms with Gasteiger partial charge in [-0.15, -0.1) is 0 Å². The van der Waals surface area contributed by atoms with E-state index in [1.165, 1.54) is 12.8 Å². The number of likely N-dealkylation sites (tertiary alicyclic amines) is 1. The molecule has 2 rings (SSSR count). The maximum absolute atomic E-state index is 5.87. The van der Waals surface area contributed by atoms with Crippen molar-refractivity contribution in [2.75, 3.05) is 46.0 Å². The normalized spacial score (nSPS) is 21.4. The molecule has 0 saturated carbocycles. The van der Waals surface area contributed by atoms with Gasteiger partial charge in [0.15, 0.2) is 5.96 Å². The van der Waals surface area contributed by atoms with E-state index in [0.29, 0.717) is 6.10 Å². The first-order valence-electron chi connectivity index (χ1n) is 8.12. The molecule has 0 bridgehead atoms. The smallest absolute Gasteiger partial charge is 0.193 e. The Balaban J connectivity index is 1.62. The lowest BCUT2D eigenvalue weighted by molar-refractivity contribution is -0.0318. The fourth-order valence-electron chi connectivity index (χ4n) is 2.70. The number of hydrogen-bond donors (Lipinski definition) is 1. The molecule has 5 heteroatoms. The van der Waals surface area contributed by atoms with Crippen LogP contribution in [0, 0.1) is 0 Å². The highest BCUT2D eigenvalue weighted by Crippen LogP contribution is 2.11. The summed E-state index contributed by atoms with van der Waals surface area (Å²) in [6, 6.07) is 0. The fourth-order valence-corrected chi connectivity index (χ4v) is 2.70. The van der Waals surface area contributed by atoms with Crippen LogP contribution in [0.1, 0.15) is 39.0 Å². The fraction of sp³-hybridized carbons (Fsp3) is 0.933. The summed E-state index contributed by atoms with van der Waals surface area (Å²) >= 11 is 0. The molecule has 116 valence electrons. The molecule has 0 radical (unpaired) electrons. The Bertz CT molecular complexity index is 285. The Morgan fingerprint density at radius 2 is 2.05 bits per heavy atom. The van der Waals surface area contributed by atoms with Gasteiger partial charge in [0.1, 0.15) is 0 Å². The van der Waals surface area contributed by atoms with Gasteiger partial charge < -0.3 is 19.7 Å². The molecule has 2 saturated heterocycles. The Labute approximate surface area is 122 Å². The molecule has 2 heterocycles. The van der Waals surface area contributed by atoms with Gasteiger partial charge in [-0.05, 0) is 39.0 Å². The predicted molar refractivity (Wildman–Crippen MR) is 81.2 cm³/mol. The zero-order chi connectivity index (χ0) is 14.0. The van der Waals surface area contributed by atoms with Crippen molar-refractivity contribution in [3.8, 4) is 0 Å². The molecule has 20 heavy (non-hydrogen) atoms. The minimum Gasteiger partial charge on any atom is -0.381 e. The first-order valence-corrected chi connectivity index (χ1v) is 8.12. The quantitative estimate of drug-likeness (QED) is 0.457.